The van der Waals surface area contributed by atoms with Crippen LogP contribution in [0.2, 0.25) is 0 Å². The van der Waals surface area contributed by atoms with E-state index in [1.54, 1.807) is 45.2 Å². The third-order valence-corrected chi connectivity index (χ3v) is 7.10. The first-order valence-electron chi connectivity index (χ1n) is 14.0. The molecule has 2 N–H and O–H groups in total. The maximum Gasteiger partial charge on any atom is 0.411 e. The van der Waals surface area contributed by atoms with Crippen LogP contribution < -0.4 is 11.2 Å². The van der Waals surface area contributed by atoms with Gasteiger partial charge in [-0.05, 0) is 54.2 Å². The number of hydrogen-bond donors (Lipinski definition) is 2. The number of ether oxygens (including phenoxy) is 1. The fourth-order valence-electron chi connectivity index (χ4n) is 5.30. The maximum absolute atomic E-state index is 13.3. The molecule has 0 fully saturated rings. The second kappa shape index (κ2) is 12.0. The molecule has 0 bridgehead atoms. The van der Waals surface area contributed by atoms with E-state index in [9.17, 15) is 24.3 Å². The molecular formula is C34H33N3O6. The first-order chi connectivity index (χ1) is 20.5. The number of carbonyl (C=O) groups is 2. The van der Waals surface area contributed by atoms with Gasteiger partial charge in [0.2, 0.25) is 0 Å². The molecule has 5 rings (SSSR count). The zero-order valence-corrected chi connectivity index (χ0v) is 24.2. The number of carboxylic acid groups (broad SMARTS) is 1. The molecule has 3 aromatic carbocycles. The number of nitrogens with zero attached hydrogens (tertiary/aromatic N) is 2. The summed E-state index contributed by atoms with van der Waals surface area (Å²) in [5, 5.41) is 9.36. The average Bonchev–Trinajstić information content (AvgIpc) is 3.10. The monoisotopic (exact) mass is 579 g/mol. The van der Waals surface area contributed by atoms with Gasteiger partial charge in [-0.3, -0.25) is 24.0 Å². The highest BCUT2D eigenvalue weighted by atomic mass is 16.6. The van der Waals surface area contributed by atoms with Gasteiger partial charge in [0, 0.05) is 24.2 Å². The minimum Gasteiger partial charge on any atom is -0.480 e. The third-order valence-electron chi connectivity index (χ3n) is 7.10. The number of carboxylic acids is 1. The lowest BCUT2D eigenvalue weighted by molar-refractivity contribution is -0.138. The maximum atomic E-state index is 13.3. The second-order valence-corrected chi connectivity index (χ2v) is 11.5. The van der Waals surface area contributed by atoms with Crippen molar-refractivity contribution in [2.24, 2.45) is 0 Å². The Balaban J connectivity index is 1.49. The van der Waals surface area contributed by atoms with Crippen molar-refractivity contribution >= 4 is 24.2 Å². The van der Waals surface area contributed by atoms with Crippen molar-refractivity contribution < 1.29 is 19.4 Å². The molecule has 0 radical (unpaired) electrons. The Hall–Kier alpha value is -5.18. The molecule has 0 saturated carbocycles. The van der Waals surface area contributed by atoms with E-state index in [2.05, 4.69) is 4.98 Å². The van der Waals surface area contributed by atoms with E-state index in [0.29, 0.717) is 11.1 Å². The zero-order valence-electron chi connectivity index (χ0n) is 24.2. The van der Waals surface area contributed by atoms with Crippen molar-refractivity contribution in [3.8, 4) is 0 Å². The van der Waals surface area contributed by atoms with Crippen LogP contribution in [0.25, 0.3) is 12.2 Å². The highest BCUT2D eigenvalue weighted by Crippen LogP contribution is 2.37. The Bertz CT molecular complexity index is 1780. The Morgan fingerprint density at radius 2 is 1.49 bits per heavy atom. The minimum absolute atomic E-state index is 0.00344. The highest BCUT2D eigenvalue weighted by molar-refractivity contribution is 5.78. The Labute approximate surface area is 248 Å². The first-order valence-corrected chi connectivity index (χ1v) is 14.0. The summed E-state index contributed by atoms with van der Waals surface area (Å²) in [6.07, 6.45) is 4.96. The van der Waals surface area contributed by atoms with E-state index in [4.69, 9.17) is 4.74 Å². The number of carbonyl (C=O) groups excluding carboxylic acids is 1. The van der Waals surface area contributed by atoms with Gasteiger partial charge in [0.05, 0.1) is 6.54 Å². The molecule has 1 aromatic heterocycles. The fraction of sp³-hybridized carbons (Fsp3) is 0.235. The van der Waals surface area contributed by atoms with Crippen molar-refractivity contribution in [1.82, 2.24) is 14.5 Å². The molecular weight excluding hydrogens is 546 g/mol. The van der Waals surface area contributed by atoms with E-state index in [0.717, 1.165) is 32.7 Å². The molecule has 0 aliphatic heterocycles. The van der Waals surface area contributed by atoms with E-state index in [-0.39, 0.29) is 13.1 Å². The van der Waals surface area contributed by atoms with Crippen molar-refractivity contribution in [3.63, 3.8) is 0 Å². The van der Waals surface area contributed by atoms with Crippen molar-refractivity contribution in [2.45, 2.75) is 45.4 Å². The van der Waals surface area contributed by atoms with Crippen molar-refractivity contribution in [1.29, 1.82) is 0 Å². The number of benzene rings is 3. The van der Waals surface area contributed by atoms with Crippen LogP contribution in [0.4, 0.5) is 4.79 Å². The summed E-state index contributed by atoms with van der Waals surface area (Å²) in [5.74, 6) is -1.56. The predicted molar refractivity (Wildman–Crippen MR) is 164 cm³/mol. The summed E-state index contributed by atoms with van der Waals surface area (Å²) < 4.78 is 6.86. The van der Waals surface area contributed by atoms with Crippen LogP contribution in [0, 0.1) is 0 Å². The minimum atomic E-state index is -1.16. The lowest BCUT2D eigenvalue weighted by Gasteiger charge is -2.26. The zero-order chi connectivity index (χ0) is 30.7. The first kappa shape index (κ1) is 29.3. The molecule has 9 nitrogen and oxygen atoms in total. The molecule has 1 heterocycles. The van der Waals surface area contributed by atoms with Crippen LogP contribution >= 0.6 is 0 Å². The SMILES string of the molecule is CC(C)(C)OC(=O)N(CC(=O)O)Cc1cccc(Cn2cc(C3c4ccccc4C=Cc4ccccc43)c(=O)[nH]c2=O)c1. The van der Waals surface area contributed by atoms with Gasteiger partial charge >= 0.3 is 17.8 Å². The molecule has 4 aromatic rings. The number of fused-ring (bicyclic) bond motifs is 2. The normalized spacial score (nSPS) is 12.6. The molecule has 0 saturated heterocycles. The van der Waals surface area contributed by atoms with Gasteiger partial charge < -0.3 is 9.84 Å². The quantitative estimate of drug-likeness (QED) is 0.278. The summed E-state index contributed by atoms with van der Waals surface area (Å²) in [4.78, 5) is 54.1. The molecule has 9 heteroatoms. The van der Waals surface area contributed by atoms with Gasteiger partial charge in [-0.2, -0.15) is 0 Å². The number of aromatic nitrogens is 2. The van der Waals surface area contributed by atoms with E-state index in [1.165, 1.54) is 4.57 Å². The summed E-state index contributed by atoms with van der Waals surface area (Å²) >= 11 is 0. The summed E-state index contributed by atoms with van der Waals surface area (Å²) in [6, 6.07) is 23.0. The number of rotatable bonds is 7. The fourth-order valence-corrected chi connectivity index (χ4v) is 5.30. The Morgan fingerprint density at radius 1 is 0.884 bits per heavy atom. The molecule has 0 spiro atoms. The predicted octanol–water partition coefficient (Wildman–Crippen LogP) is 5.07. The number of H-pyrrole nitrogens is 1. The number of nitrogens with one attached hydrogen (secondary N) is 1. The Morgan fingerprint density at radius 3 is 2.09 bits per heavy atom. The van der Waals surface area contributed by atoms with Crippen LogP contribution in [-0.2, 0) is 22.6 Å². The van der Waals surface area contributed by atoms with Crippen LogP contribution in [0.1, 0.15) is 65.6 Å². The van der Waals surface area contributed by atoms with E-state index in [1.807, 2.05) is 66.7 Å². The largest absolute Gasteiger partial charge is 0.480 e. The molecule has 43 heavy (non-hydrogen) atoms. The number of hydrogen-bond acceptors (Lipinski definition) is 5. The third kappa shape index (κ3) is 6.83. The lowest BCUT2D eigenvalue weighted by Crippen LogP contribution is -2.39. The van der Waals surface area contributed by atoms with Gasteiger partial charge in [-0.25, -0.2) is 9.59 Å². The molecule has 0 atom stereocenters. The van der Waals surface area contributed by atoms with Crippen molar-refractivity contribution in [3.05, 3.63) is 139 Å². The van der Waals surface area contributed by atoms with E-state index >= 15 is 0 Å². The summed E-state index contributed by atoms with van der Waals surface area (Å²) in [7, 11) is 0. The summed E-state index contributed by atoms with van der Waals surface area (Å²) in [5.41, 5.74) is 3.96. The number of aromatic amines is 1. The van der Waals surface area contributed by atoms with Crippen LogP contribution in [0.15, 0.2) is 88.6 Å². The standard InChI is InChI=1S/C34H33N3O6/c1-34(2,3)43-33(42)37(21-29(38)39)19-23-10-8-9-22(17-23)18-36-20-28(31(40)35-32(36)41)30-26-13-6-4-11-24(26)15-16-25-12-5-7-14-27(25)30/h4-17,20,30H,18-19,21H2,1-3H3,(H,38,39)(H,35,40,41). The van der Waals surface area contributed by atoms with Crippen LogP contribution in [0.3, 0.4) is 0 Å². The highest BCUT2D eigenvalue weighted by Gasteiger charge is 2.27. The van der Waals surface area contributed by atoms with Crippen molar-refractivity contribution in [2.75, 3.05) is 6.54 Å². The molecule has 1 aliphatic rings. The average molecular weight is 580 g/mol. The van der Waals surface area contributed by atoms with Gasteiger partial charge in [0.25, 0.3) is 5.56 Å². The molecule has 0 unspecified atom stereocenters. The molecule has 1 aliphatic carbocycles. The van der Waals surface area contributed by atoms with Gasteiger partial charge in [0.15, 0.2) is 0 Å². The molecule has 220 valence electrons. The van der Waals surface area contributed by atoms with Gasteiger partial charge in [0.1, 0.15) is 12.1 Å². The topological polar surface area (TPSA) is 122 Å². The van der Waals surface area contributed by atoms with Gasteiger partial charge in [-0.1, -0.05) is 84.9 Å². The lowest BCUT2D eigenvalue weighted by atomic mass is 9.83. The van der Waals surface area contributed by atoms with Crippen LogP contribution in [0.5, 0.6) is 0 Å². The summed E-state index contributed by atoms with van der Waals surface area (Å²) in [6.45, 7) is 4.76. The molecule has 1 amide bonds. The van der Waals surface area contributed by atoms with E-state index < -0.39 is 41.4 Å². The van der Waals surface area contributed by atoms with Gasteiger partial charge in [-0.15, -0.1) is 0 Å². The second-order valence-electron chi connectivity index (χ2n) is 11.5. The smallest absolute Gasteiger partial charge is 0.411 e. The Kier molecular flexibility index (Phi) is 8.16. The number of aliphatic carboxylic acids is 1. The van der Waals surface area contributed by atoms with Crippen LogP contribution in [-0.4, -0.2) is 43.8 Å². The number of amides is 1.